The lowest BCUT2D eigenvalue weighted by Gasteiger charge is -2.39. The topological polar surface area (TPSA) is 29.5 Å². The number of fused-ring (bicyclic) bond motifs is 1. The van der Waals surface area contributed by atoms with Gasteiger partial charge in [0.05, 0.1) is 27.7 Å². The molecular formula is C18H30BrNO2. The van der Waals surface area contributed by atoms with Crippen molar-refractivity contribution in [2.24, 2.45) is 0 Å². The number of benzene rings is 1. The number of phenolic OH excluding ortho intramolecular Hbond substituents is 1. The van der Waals surface area contributed by atoms with Crippen molar-refractivity contribution in [2.75, 3.05) is 27.7 Å². The maximum atomic E-state index is 10.2. The molecule has 1 aromatic rings. The molecule has 126 valence electrons. The van der Waals surface area contributed by atoms with Crippen LogP contribution in [0.15, 0.2) is 0 Å². The fraction of sp³-hybridized carbons (Fsp3) is 0.667. The number of halogens is 1. The number of nitrogens with zero attached hydrogens (tertiary/aromatic N) is 1. The average molecular weight is 372 g/mol. The number of rotatable bonds is 3. The van der Waals surface area contributed by atoms with E-state index in [-0.39, 0.29) is 22.6 Å². The van der Waals surface area contributed by atoms with E-state index < -0.39 is 0 Å². The molecule has 0 bridgehead atoms. The molecule has 1 N–H and O–H groups in total. The monoisotopic (exact) mass is 371 g/mol. The van der Waals surface area contributed by atoms with Gasteiger partial charge in [-0.25, -0.2) is 0 Å². The number of ether oxygens (including phenoxy) is 1. The molecule has 0 spiro atoms. The Hall–Kier alpha value is -0.740. The highest BCUT2D eigenvalue weighted by Gasteiger charge is 2.35. The van der Waals surface area contributed by atoms with Crippen molar-refractivity contribution in [3.8, 4) is 11.5 Å². The van der Waals surface area contributed by atoms with Gasteiger partial charge in [-0.2, -0.15) is 0 Å². The molecule has 0 fully saturated rings. The molecular weight excluding hydrogens is 342 g/mol. The Morgan fingerprint density at radius 2 is 1.68 bits per heavy atom. The van der Waals surface area contributed by atoms with Gasteiger partial charge >= 0.3 is 0 Å². The Morgan fingerprint density at radius 3 is 2.23 bits per heavy atom. The molecule has 3 nitrogen and oxygen atoms in total. The highest BCUT2D eigenvalue weighted by molar-refractivity contribution is 5.58. The van der Waals surface area contributed by atoms with Crippen LogP contribution in [-0.4, -0.2) is 42.9 Å². The van der Waals surface area contributed by atoms with E-state index >= 15 is 0 Å². The molecule has 1 heterocycles. The van der Waals surface area contributed by atoms with Crippen LogP contribution in [0.3, 0.4) is 0 Å². The second kappa shape index (κ2) is 6.40. The highest BCUT2D eigenvalue weighted by atomic mass is 79.9. The summed E-state index contributed by atoms with van der Waals surface area (Å²) in [6.45, 7) is 9.35. The molecule has 1 aromatic carbocycles. The molecule has 0 aromatic heterocycles. The predicted molar refractivity (Wildman–Crippen MR) is 87.2 cm³/mol. The SMILES string of the molecule is Cc1c(C)c2c(c(C)c1O)CC[C@](C)(CC[N+](C)(C)C)O2.[Br-]. The van der Waals surface area contributed by atoms with Gasteiger partial charge in [0.1, 0.15) is 17.1 Å². The van der Waals surface area contributed by atoms with Gasteiger partial charge < -0.3 is 31.3 Å². The van der Waals surface area contributed by atoms with Crippen LogP contribution in [-0.2, 0) is 6.42 Å². The normalized spacial score (nSPS) is 20.9. The van der Waals surface area contributed by atoms with E-state index in [1.54, 1.807) is 0 Å². The van der Waals surface area contributed by atoms with Crippen LogP contribution in [0.5, 0.6) is 11.5 Å². The van der Waals surface area contributed by atoms with Crippen molar-refractivity contribution in [2.45, 2.75) is 52.6 Å². The minimum Gasteiger partial charge on any atom is -1.00 e. The Balaban J connectivity index is 0.00000242. The van der Waals surface area contributed by atoms with Crippen LogP contribution in [0.4, 0.5) is 0 Å². The van der Waals surface area contributed by atoms with Crippen LogP contribution in [0, 0.1) is 20.8 Å². The molecule has 2 rings (SSSR count). The van der Waals surface area contributed by atoms with Gasteiger partial charge in [-0.3, -0.25) is 0 Å². The third kappa shape index (κ3) is 3.77. The number of quaternary nitrogens is 1. The number of aromatic hydroxyl groups is 1. The molecule has 22 heavy (non-hydrogen) atoms. The zero-order valence-corrected chi connectivity index (χ0v) is 16.6. The van der Waals surface area contributed by atoms with E-state index in [0.717, 1.165) is 52.7 Å². The molecule has 0 saturated heterocycles. The molecule has 0 radical (unpaired) electrons. The summed E-state index contributed by atoms with van der Waals surface area (Å²) in [6, 6.07) is 0. The summed E-state index contributed by atoms with van der Waals surface area (Å²) in [4.78, 5) is 0. The van der Waals surface area contributed by atoms with Crippen LogP contribution in [0.25, 0.3) is 0 Å². The van der Waals surface area contributed by atoms with E-state index in [0.29, 0.717) is 5.75 Å². The first-order chi connectivity index (χ1) is 9.54. The Labute approximate surface area is 145 Å². The summed E-state index contributed by atoms with van der Waals surface area (Å²) >= 11 is 0. The molecule has 0 aliphatic carbocycles. The lowest BCUT2D eigenvalue weighted by atomic mass is 9.85. The first-order valence-electron chi connectivity index (χ1n) is 7.85. The van der Waals surface area contributed by atoms with Gasteiger partial charge in [-0.1, -0.05) is 0 Å². The third-order valence-corrected chi connectivity index (χ3v) is 4.90. The standard InChI is InChI=1S/C18H29NO2.BrH/c1-12-13(2)17-15(14(3)16(12)20)8-9-18(4,21-17)10-11-19(5,6)7;/h8-11H2,1-7H3;1H/t18-;/m1./s1. The van der Waals surface area contributed by atoms with E-state index in [4.69, 9.17) is 4.74 Å². The van der Waals surface area contributed by atoms with Crippen molar-refractivity contribution in [1.29, 1.82) is 0 Å². The largest absolute Gasteiger partial charge is 1.00 e. The van der Waals surface area contributed by atoms with Crippen molar-refractivity contribution >= 4 is 0 Å². The van der Waals surface area contributed by atoms with E-state index in [1.807, 2.05) is 13.8 Å². The molecule has 4 heteroatoms. The van der Waals surface area contributed by atoms with Crippen LogP contribution in [0.2, 0.25) is 0 Å². The summed E-state index contributed by atoms with van der Waals surface area (Å²) in [5, 5.41) is 10.2. The van der Waals surface area contributed by atoms with Crippen molar-refractivity contribution < 1.29 is 31.3 Å². The summed E-state index contributed by atoms with van der Waals surface area (Å²) in [7, 11) is 6.66. The smallest absolute Gasteiger partial charge is 0.127 e. The molecule has 1 aliphatic heterocycles. The van der Waals surface area contributed by atoms with Gasteiger partial charge in [0.25, 0.3) is 0 Å². The zero-order chi connectivity index (χ0) is 16.0. The fourth-order valence-electron chi connectivity index (χ4n) is 3.04. The lowest BCUT2D eigenvalue weighted by molar-refractivity contribution is -0.871. The lowest BCUT2D eigenvalue weighted by Crippen LogP contribution is -3.00. The second-order valence-corrected chi connectivity index (χ2v) is 7.85. The quantitative estimate of drug-likeness (QED) is 0.784. The molecule has 1 aliphatic rings. The predicted octanol–water partition coefficient (Wildman–Crippen LogP) is 0.501. The Morgan fingerprint density at radius 1 is 1.09 bits per heavy atom. The zero-order valence-electron chi connectivity index (χ0n) is 15.0. The summed E-state index contributed by atoms with van der Waals surface area (Å²) < 4.78 is 7.40. The molecule has 1 atom stereocenters. The number of hydrogen-bond acceptors (Lipinski definition) is 2. The number of phenols is 1. The van der Waals surface area contributed by atoms with E-state index in [9.17, 15) is 5.11 Å². The van der Waals surface area contributed by atoms with E-state index in [1.165, 1.54) is 5.56 Å². The first-order valence-corrected chi connectivity index (χ1v) is 7.85. The third-order valence-electron chi connectivity index (χ3n) is 4.90. The summed E-state index contributed by atoms with van der Waals surface area (Å²) in [6.07, 6.45) is 3.06. The van der Waals surface area contributed by atoms with Crippen LogP contribution < -0.4 is 21.7 Å². The molecule has 0 unspecified atom stereocenters. The Bertz CT molecular complexity index is 563. The van der Waals surface area contributed by atoms with E-state index in [2.05, 4.69) is 35.0 Å². The van der Waals surface area contributed by atoms with Gasteiger partial charge in [0, 0.05) is 12.0 Å². The molecule has 0 saturated carbocycles. The molecule has 0 amide bonds. The van der Waals surface area contributed by atoms with Crippen LogP contribution in [0.1, 0.15) is 42.0 Å². The maximum absolute atomic E-state index is 10.2. The van der Waals surface area contributed by atoms with Gasteiger partial charge in [0.2, 0.25) is 0 Å². The van der Waals surface area contributed by atoms with Crippen molar-refractivity contribution in [3.05, 3.63) is 22.3 Å². The Kier molecular flexibility index (Phi) is 5.62. The minimum atomic E-state index is -0.0981. The van der Waals surface area contributed by atoms with Crippen molar-refractivity contribution in [1.82, 2.24) is 0 Å². The summed E-state index contributed by atoms with van der Waals surface area (Å²) in [5.74, 6) is 1.45. The highest BCUT2D eigenvalue weighted by Crippen LogP contribution is 2.44. The first kappa shape index (κ1) is 19.3. The second-order valence-electron chi connectivity index (χ2n) is 7.85. The van der Waals surface area contributed by atoms with Crippen LogP contribution >= 0.6 is 0 Å². The minimum absolute atomic E-state index is 0. The fourth-order valence-corrected chi connectivity index (χ4v) is 3.04. The maximum Gasteiger partial charge on any atom is 0.127 e. The average Bonchev–Trinajstić information content (AvgIpc) is 2.40. The van der Waals surface area contributed by atoms with Gasteiger partial charge in [0.15, 0.2) is 0 Å². The van der Waals surface area contributed by atoms with Crippen molar-refractivity contribution in [3.63, 3.8) is 0 Å². The number of hydrogen-bond donors (Lipinski definition) is 1. The van der Waals surface area contributed by atoms with Gasteiger partial charge in [-0.15, -0.1) is 0 Å². The summed E-state index contributed by atoms with van der Waals surface area (Å²) in [5.41, 5.74) is 4.12. The van der Waals surface area contributed by atoms with Gasteiger partial charge in [-0.05, 0) is 57.2 Å².